The van der Waals surface area contributed by atoms with Crippen molar-refractivity contribution in [2.45, 2.75) is 38.1 Å². The van der Waals surface area contributed by atoms with Crippen molar-refractivity contribution < 1.29 is 4.79 Å². The number of rotatable bonds is 3. The predicted octanol–water partition coefficient (Wildman–Crippen LogP) is 2.83. The van der Waals surface area contributed by atoms with E-state index in [9.17, 15) is 4.79 Å². The first-order valence-corrected chi connectivity index (χ1v) is 7.21. The van der Waals surface area contributed by atoms with Gasteiger partial charge in [0.1, 0.15) is 0 Å². The number of H-pyrrole nitrogens is 1. The number of halogens is 1. The van der Waals surface area contributed by atoms with Gasteiger partial charge in [-0.3, -0.25) is 9.89 Å². The molecule has 5 nitrogen and oxygen atoms in total. The van der Waals surface area contributed by atoms with Gasteiger partial charge in [0.25, 0.3) is 0 Å². The summed E-state index contributed by atoms with van der Waals surface area (Å²) in [7, 11) is 0. The number of carbonyl (C=O) groups excluding carboxylic acids is 1. The number of nitrogens with one attached hydrogen (secondary N) is 2. The third-order valence-electron chi connectivity index (χ3n) is 4.14. The van der Waals surface area contributed by atoms with Crippen molar-refractivity contribution in [2.24, 2.45) is 11.7 Å². The quantitative estimate of drug-likeness (QED) is 0.815. The van der Waals surface area contributed by atoms with Gasteiger partial charge >= 0.3 is 0 Å². The first kappa shape index (κ1) is 15.8. The summed E-state index contributed by atoms with van der Waals surface area (Å²) in [5.74, 6) is 0.372. The van der Waals surface area contributed by atoms with Crippen LogP contribution in [0, 0.1) is 5.92 Å². The molecule has 0 saturated heterocycles. The molecule has 1 amide bonds. The lowest BCUT2D eigenvalue weighted by molar-refractivity contribution is -0.117. The number of aromatic nitrogens is 2. The molecule has 2 atom stereocenters. The van der Waals surface area contributed by atoms with Crippen LogP contribution in [0.3, 0.4) is 0 Å². The molecule has 2 aromatic rings. The Balaban J connectivity index is 0.00000161. The van der Waals surface area contributed by atoms with Crippen LogP contribution in [0.2, 0.25) is 0 Å². The lowest BCUT2D eigenvalue weighted by Gasteiger charge is -2.27. The minimum absolute atomic E-state index is 0. The molecular weight excluding hydrogens is 288 g/mol. The Bertz CT molecular complexity index is 612. The molecule has 21 heavy (non-hydrogen) atoms. The molecule has 2 unspecified atom stereocenters. The van der Waals surface area contributed by atoms with E-state index < -0.39 is 0 Å². The van der Waals surface area contributed by atoms with Gasteiger partial charge in [-0.05, 0) is 37.0 Å². The van der Waals surface area contributed by atoms with Gasteiger partial charge < -0.3 is 11.1 Å². The molecule has 6 heteroatoms. The number of carbonyl (C=O) groups is 1. The largest absolute Gasteiger partial charge is 0.327 e. The maximum Gasteiger partial charge on any atom is 0.224 e. The second kappa shape index (κ2) is 6.91. The zero-order valence-electron chi connectivity index (χ0n) is 11.8. The van der Waals surface area contributed by atoms with Gasteiger partial charge in [-0.2, -0.15) is 5.10 Å². The highest BCUT2D eigenvalue weighted by Gasteiger charge is 2.24. The van der Waals surface area contributed by atoms with Crippen molar-refractivity contribution in [3.63, 3.8) is 0 Å². The monoisotopic (exact) mass is 308 g/mol. The summed E-state index contributed by atoms with van der Waals surface area (Å²) in [6, 6.07) is 5.91. The number of hydrogen-bond acceptors (Lipinski definition) is 3. The van der Waals surface area contributed by atoms with Crippen LogP contribution in [0.1, 0.15) is 32.1 Å². The van der Waals surface area contributed by atoms with Crippen molar-refractivity contribution in [2.75, 3.05) is 5.32 Å². The van der Waals surface area contributed by atoms with E-state index in [1.807, 2.05) is 18.2 Å². The molecular formula is C15H21ClN4O. The van der Waals surface area contributed by atoms with E-state index in [4.69, 9.17) is 5.73 Å². The highest BCUT2D eigenvalue weighted by Crippen LogP contribution is 2.26. The van der Waals surface area contributed by atoms with E-state index in [1.165, 1.54) is 12.8 Å². The standard InChI is InChI=1S/C15H20N4O.ClH/c16-13-4-2-1-3-10(13)8-15(20)18-12-5-6-14-11(7-12)9-17-19-14;/h5-7,9-10,13H,1-4,8,16H2,(H,17,19)(H,18,20);1H. The minimum atomic E-state index is 0. The summed E-state index contributed by atoms with van der Waals surface area (Å²) < 4.78 is 0. The van der Waals surface area contributed by atoms with Crippen molar-refractivity contribution >= 4 is 34.9 Å². The number of nitrogens with zero attached hydrogens (tertiary/aromatic N) is 1. The molecule has 1 saturated carbocycles. The van der Waals surface area contributed by atoms with Crippen LogP contribution < -0.4 is 11.1 Å². The van der Waals surface area contributed by atoms with Gasteiger partial charge in [0.15, 0.2) is 0 Å². The predicted molar refractivity (Wildman–Crippen MR) is 86.5 cm³/mol. The molecule has 0 aliphatic heterocycles. The number of amides is 1. The number of hydrogen-bond donors (Lipinski definition) is 3. The molecule has 0 bridgehead atoms. The molecule has 3 rings (SSSR count). The van der Waals surface area contributed by atoms with Gasteiger partial charge in [0.05, 0.1) is 11.7 Å². The zero-order valence-corrected chi connectivity index (χ0v) is 12.7. The highest BCUT2D eigenvalue weighted by atomic mass is 35.5. The Morgan fingerprint density at radius 3 is 3.00 bits per heavy atom. The normalized spacial score (nSPS) is 21.8. The molecule has 1 heterocycles. The molecule has 0 spiro atoms. The van der Waals surface area contributed by atoms with Crippen molar-refractivity contribution in [1.29, 1.82) is 0 Å². The Kier molecular flexibility index (Phi) is 5.20. The maximum absolute atomic E-state index is 12.1. The topological polar surface area (TPSA) is 83.8 Å². The SMILES string of the molecule is Cl.NC1CCCCC1CC(=O)Nc1ccc2[nH]ncc2c1. The van der Waals surface area contributed by atoms with Crippen molar-refractivity contribution in [1.82, 2.24) is 10.2 Å². The van der Waals surface area contributed by atoms with E-state index in [-0.39, 0.29) is 24.4 Å². The van der Waals surface area contributed by atoms with Crippen LogP contribution in [0.5, 0.6) is 0 Å². The molecule has 1 aromatic carbocycles. The first-order valence-electron chi connectivity index (χ1n) is 7.21. The summed E-state index contributed by atoms with van der Waals surface area (Å²) in [5, 5.41) is 10.8. The van der Waals surface area contributed by atoms with Crippen LogP contribution >= 0.6 is 12.4 Å². The third-order valence-corrected chi connectivity index (χ3v) is 4.14. The average molecular weight is 309 g/mol. The Morgan fingerprint density at radius 2 is 2.19 bits per heavy atom. The van der Waals surface area contributed by atoms with E-state index in [0.717, 1.165) is 29.4 Å². The number of anilines is 1. The van der Waals surface area contributed by atoms with Crippen LogP contribution in [-0.2, 0) is 4.79 Å². The van der Waals surface area contributed by atoms with E-state index in [1.54, 1.807) is 6.20 Å². The summed E-state index contributed by atoms with van der Waals surface area (Å²) in [6.07, 6.45) is 6.75. The fraction of sp³-hybridized carbons (Fsp3) is 0.467. The molecule has 1 aliphatic rings. The average Bonchev–Trinajstić information content (AvgIpc) is 2.89. The lowest BCUT2D eigenvalue weighted by atomic mass is 9.83. The number of fused-ring (bicyclic) bond motifs is 1. The van der Waals surface area contributed by atoms with Crippen molar-refractivity contribution in [3.05, 3.63) is 24.4 Å². The lowest BCUT2D eigenvalue weighted by Crippen LogP contribution is -2.35. The van der Waals surface area contributed by atoms with E-state index in [2.05, 4.69) is 15.5 Å². The maximum atomic E-state index is 12.1. The fourth-order valence-corrected chi connectivity index (χ4v) is 2.96. The molecule has 0 radical (unpaired) electrons. The zero-order chi connectivity index (χ0) is 13.9. The summed E-state index contributed by atoms with van der Waals surface area (Å²) >= 11 is 0. The molecule has 1 fully saturated rings. The van der Waals surface area contributed by atoms with Gasteiger partial charge in [0.2, 0.25) is 5.91 Å². The van der Waals surface area contributed by atoms with Gasteiger partial charge in [-0.25, -0.2) is 0 Å². The van der Waals surface area contributed by atoms with Gasteiger partial charge in [0, 0.05) is 23.5 Å². The van der Waals surface area contributed by atoms with Gasteiger partial charge in [-0.1, -0.05) is 12.8 Å². The van der Waals surface area contributed by atoms with Crippen LogP contribution in [-0.4, -0.2) is 22.1 Å². The third kappa shape index (κ3) is 3.74. The van der Waals surface area contributed by atoms with Gasteiger partial charge in [-0.15, -0.1) is 12.4 Å². The number of aromatic amines is 1. The summed E-state index contributed by atoms with van der Waals surface area (Å²) in [5.41, 5.74) is 7.87. The Morgan fingerprint density at radius 1 is 1.38 bits per heavy atom. The second-order valence-electron chi connectivity index (χ2n) is 5.63. The van der Waals surface area contributed by atoms with Crippen LogP contribution in [0.4, 0.5) is 5.69 Å². The van der Waals surface area contributed by atoms with Crippen LogP contribution in [0.25, 0.3) is 10.9 Å². The smallest absolute Gasteiger partial charge is 0.224 e. The Hall–Kier alpha value is -1.59. The molecule has 1 aromatic heterocycles. The molecule has 114 valence electrons. The number of nitrogens with two attached hydrogens (primary N) is 1. The second-order valence-corrected chi connectivity index (χ2v) is 5.63. The first-order chi connectivity index (χ1) is 9.72. The summed E-state index contributed by atoms with van der Waals surface area (Å²) in [4.78, 5) is 12.1. The van der Waals surface area contributed by atoms with Crippen LogP contribution in [0.15, 0.2) is 24.4 Å². The van der Waals surface area contributed by atoms with Crippen molar-refractivity contribution in [3.8, 4) is 0 Å². The van der Waals surface area contributed by atoms with E-state index in [0.29, 0.717) is 12.3 Å². The fourth-order valence-electron chi connectivity index (χ4n) is 2.96. The Labute approximate surface area is 130 Å². The number of benzene rings is 1. The summed E-state index contributed by atoms with van der Waals surface area (Å²) in [6.45, 7) is 0. The minimum Gasteiger partial charge on any atom is -0.327 e. The highest BCUT2D eigenvalue weighted by molar-refractivity contribution is 5.93. The molecule has 4 N–H and O–H groups in total. The molecule has 1 aliphatic carbocycles. The van der Waals surface area contributed by atoms with E-state index >= 15 is 0 Å².